The first-order chi connectivity index (χ1) is 12.4. The van der Waals surface area contributed by atoms with Gasteiger partial charge in [0, 0.05) is 36.3 Å². The van der Waals surface area contributed by atoms with Crippen LogP contribution in [-0.4, -0.2) is 13.0 Å². The summed E-state index contributed by atoms with van der Waals surface area (Å²) in [5.74, 6) is -0.122. The van der Waals surface area contributed by atoms with Gasteiger partial charge < -0.3 is 15.1 Å². The molecule has 5 heteroatoms. The molecule has 3 rings (SSSR count). The molecule has 0 bridgehead atoms. The third-order valence-corrected chi connectivity index (χ3v) is 4.79. The summed E-state index contributed by atoms with van der Waals surface area (Å²) in [6.45, 7) is 6.31. The molecule has 0 aliphatic heterocycles. The zero-order valence-electron chi connectivity index (χ0n) is 15.4. The predicted molar refractivity (Wildman–Crippen MR) is 104 cm³/mol. The summed E-state index contributed by atoms with van der Waals surface area (Å²) in [6.07, 6.45) is 0. The van der Waals surface area contributed by atoms with Gasteiger partial charge in [0.05, 0.1) is 0 Å². The fourth-order valence-electron chi connectivity index (χ4n) is 3.07. The van der Waals surface area contributed by atoms with Crippen molar-refractivity contribution in [1.29, 1.82) is 0 Å². The number of rotatable bonds is 4. The zero-order chi connectivity index (χ0) is 18.8. The van der Waals surface area contributed by atoms with Crippen LogP contribution in [0.4, 0.5) is 5.69 Å². The lowest BCUT2D eigenvalue weighted by Crippen LogP contribution is -2.19. The summed E-state index contributed by atoms with van der Waals surface area (Å²) in [7, 11) is 1.61. The van der Waals surface area contributed by atoms with Crippen molar-refractivity contribution in [3.8, 4) is 0 Å². The zero-order valence-corrected chi connectivity index (χ0v) is 15.4. The van der Waals surface area contributed by atoms with Crippen molar-refractivity contribution in [2.45, 2.75) is 27.3 Å². The Morgan fingerprint density at radius 3 is 2.58 bits per heavy atom. The molecule has 134 valence electrons. The van der Waals surface area contributed by atoms with Gasteiger partial charge in [0.1, 0.15) is 5.58 Å². The molecule has 1 amide bonds. The number of carbonyl (C=O) groups is 1. The molecule has 0 aliphatic rings. The highest BCUT2D eigenvalue weighted by atomic mass is 16.4. The van der Waals surface area contributed by atoms with E-state index in [2.05, 4.69) is 10.6 Å². The predicted octanol–water partition coefficient (Wildman–Crippen LogP) is 3.69. The lowest BCUT2D eigenvalue weighted by molar-refractivity contribution is 0.0962. The number of amides is 1. The van der Waals surface area contributed by atoms with Gasteiger partial charge in [0.25, 0.3) is 5.91 Å². The van der Waals surface area contributed by atoms with E-state index in [1.165, 1.54) is 6.07 Å². The highest BCUT2D eigenvalue weighted by molar-refractivity contribution is 5.96. The van der Waals surface area contributed by atoms with Crippen molar-refractivity contribution in [3.63, 3.8) is 0 Å². The molecule has 3 aromatic rings. The Labute approximate surface area is 152 Å². The summed E-state index contributed by atoms with van der Waals surface area (Å²) in [5.41, 5.74) is 5.54. The van der Waals surface area contributed by atoms with E-state index in [9.17, 15) is 9.59 Å². The first-order valence-electron chi connectivity index (χ1n) is 8.51. The van der Waals surface area contributed by atoms with Crippen LogP contribution in [0.25, 0.3) is 11.0 Å². The van der Waals surface area contributed by atoms with Gasteiger partial charge in [-0.05, 0) is 55.2 Å². The van der Waals surface area contributed by atoms with Crippen LogP contribution in [0.15, 0.2) is 45.6 Å². The Hall–Kier alpha value is -3.08. The quantitative estimate of drug-likeness (QED) is 0.704. The Kier molecular flexibility index (Phi) is 4.80. The number of hydrogen-bond donors (Lipinski definition) is 2. The second-order valence-corrected chi connectivity index (χ2v) is 6.39. The topological polar surface area (TPSA) is 71.3 Å². The van der Waals surface area contributed by atoms with Gasteiger partial charge >= 0.3 is 5.63 Å². The van der Waals surface area contributed by atoms with E-state index >= 15 is 0 Å². The maximum absolute atomic E-state index is 12.0. The molecule has 2 N–H and O–H groups in total. The van der Waals surface area contributed by atoms with Crippen LogP contribution < -0.4 is 16.3 Å². The van der Waals surface area contributed by atoms with E-state index in [0.717, 1.165) is 33.3 Å². The third-order valence-electron chi connectivity index (χ3n) is 4.79. The van der Waals surface area contributed by atoms with Crippen LogP contribution in [0.2, 0.25) is 0 Å². The van der Waals surface area contributed by atoms with Crippen LogP contribution in [0, 0.1) is 20.8 Å². The van der Waals surface area contributed by atoms with E-state index in [-0.39, 0.29) is 11.5 Å². The normalized spacial score (nSPS) is 10.8. The molecule has 5 nitrogen and oxygen atoms in total. The van der Waals surface area contributed by atoms with Crippen LogP contribution in [-0.2, 0) is 6.54 Å². The van der Waals surface area contributed by atoms with Crippen molar-refractivity contribution in [2.24, 2.45) is 0 Å². The molecule has 0 unspecified atom stereocenters. The van der Waals surface area contributed by atoms with Crippen molar-refractivity contribution in [1.82, 2.24) is 5.32 Å². The molecule has 0 saturated heterocycles. The van der Waals surface area contributed by atoms with E-state index in [1.54, 1.807) is 13.1 Å². The summed E-state index contributed by atoms with van der Waals surface area (Å²) in [5, 5.41) is 6.90. The maximum atomic E-state index is 12.0. The van der Waals surface area contributed by atoms with Gasteiger partial charge in [-0.3, -0.25) is 4.79 Å². The van der Waals surface area contributed by atoms with Crippen LogP contribution in [0.1, 0.15) is 32.6 Å². The highest BCUT2D eigenvalue weighted by Crippen LogP contribution is 2.25. The highest BCUT2D eigenvalue weighted by Gasteiger charge is 2.12. The molecule has 0 saturated carbocycles. The first-order valence-corrected chi connectivity index (χ1v) is 8.51. The standard InChI is InChI=1S/C21H22N2O3/c1-12-8-9-17-15(10-19(24)26-20(17)13(12)2)11-23-18-7-5-6-16(14(18)3)21(25)22-4/h5-10,23H,11H2,1-4H3,(H,22,25). The Morgan fingerprint density at radius 1 is 1.08 bits per heavy atom. The van der Waals surface area contributed by atoms with Crippen molar-refractivity contribution >= 4 is 22.6 Å². The molecule has 0 aliphatic carbocycles. The number of anilines is 1. The van der Waals surface area contributed by atoms with Gasteiger partial charge in [0.2, 0.25) is 0 Å². The maximum Gasteiger partial charge on any atom is 0.336 e. The molecule has 2 aromatic carbocycles. The van der Waals surface area contributed by atoms with E-state index < -0.39 is 0 Å². The fourth-order valence-corrected chi connectivity index (χ4v) is 3.07. The molecule has 0 spiro atoms. The van der Waals surface area contributed by atoms with Gasteiger partial charge in [-0.1, -0.05) is 18.2 Å². The van der Waals surface area contributed by atoms with Crippen molar-refractivity contribution in [3.05, 3.63) is 74.6 Å². The second kappa shape index (κ2) is 7.04. The lowest BCUT2D eigenvalue weighted by Gasteiger charge is -2.14. The monoisotopic (exact) mass is 350 g/mol. The summed E-state index contributed by atoms with van der Waals surface area (Å²) < 4.78 is 5.42. The van der Waals surface area contributed by atoms with Crippen molar-refractivity contribution in [2.75, 3.05) is 12.4 Å². The van der Waals surface area contributed by atoms with E-state index in [0.29, 0.717) is 17.7 Å². The number of aryl methyl sites for hydroxylation is 2. The molecule has 0 radical (unpaired) electrons. The van der Waals surface area contributed by atoms with Crippen LogP contribution in [0.5, 0.6) is 0 Å². The Bertz CT molecular complexity index is 1050. The number of fused-ring (bicyclic) bond motifs is 1. The minimum absolute atomic E-state index is 0.122. The average molecular weight is 350 g/mol. The molecule has 0 fully saturated rings. The third kappa shape index (κ3) is 3.20. The number of nitrogens with one attached hydrogen (secondary N) is 2. The summed E-state index contributed by atoms with van der Waals surface area (Å²) >= 11 is 0. The second-order valence-electron chi connectivity index (χ2n) is 6.39. The first kappa shape index (κ1) is 17.7. The van der Waals surface area contributed by atoms with E-state index in [4.69, 9.17) is 4.42 Å². The summed E-state index contributed by atoms with van der Waals surface area (Å²) in [4.78, 5) is 23.9. The number of carbonyl (C=O) groups excluding carboxylic acids is 1. The van der Waals surface area contributed by atoms with Crippen LogP contribution in [0.3, 0.4) is 0 Å². The fraction of sp³-hybridized carbons (Fsp3) is 0.238. The average Bonchev–Trinajstić information content (AvgIpc) is 2.63. The molecular weight excluding hydrogens is 328 g/mol. The van der Waals surface area contributed by atoms with Gasteiger partial charge in [-0.2, -0.15) is 0 Å². The smallest absolute Gasteiger partial charge is 0.336 e. The van der Waals surface area contributed by atoms with Gasteiger partial charge in [-0.15, -0.1) is 0 Å². The SMILES string of the molecule is CNC(=O)c1cccc(NCc2cc(=O)oc3c(C)c(C)ccc23)c1C. The minimum Gasteiger partial charge on any atom is -0.422 e. The molecule has 0 atom stereocenters. The van der Waals surface area contributed by atoms with Crippen molar-refractivity contribution < 1.29 is 9.21 Å². The Morgan fingerprint density at radius 2 is 1.85 bits per heavy atom. The van der Waals surface area contributed by atoms with E-state index in [1.807, 2.05) is 45.0 Å². The lowest BCUT2D eigenvalue weighted by atomic mass is 10.0. The Balaban J connectivity index is 1.98. The largest absolute Gasteiger partial charge is 0.422 e. The molecular formula is C21H22N2O3. The van der Waals surface area contributed by atoms with Gasteiger partial charge in [0.15, 0.2) is 0 Å². The summed E-state index contributed by atoms with van der Waals surface area (Å²) in [6, 6.07) is 11.1. The number of hydrogen-bond acceptors (Lipinski definition) is 4. The molecule has 1 heterocycles. The van der Waals surface area contributed by atoms with Gasteiger partial charge in [-0.25, -0.2) is 4.79 Å². The minimum atomic E-state index is -0.362. The number of benzene rings is 2. The van der Waals surface area contributed by atoms with Crippen LogP contribution >= 0.6 is 0 Å². The molecule has 26 heavy (non-hydrogen) atoms. The molecule has 1 aromatic heterocycles.